The van der Waals surface area contributed by atoms with Crippen molar-refractivity contribution in [1.82, 2.24) is 15.0 Å². The molecule has 3 N–H and O–H groups in total. The highest BCUT2D eigenvalue weighted by Gasteiger charge is 2.31. The van der Waals surface area contributed by atoms with E-state index in [1.807, 2.05) is 6.07 Å². The van der Waals surface area contributed by atoms with Gasteiger partial charge in [-0.25, -0.2) is 4.98 Å². The Morgan fingerprint density at radius 3 is 2.55 bits per heavy atom. The van der Waals surface area contributed by atoms with E-state index in [-0.39, 0.29) is 24.8 Å². The van der Waals surface area contributed by atoms with Gasteiger partial charge in [-0.15, -0.1) is 13.2 Å². The minimum atomic E-state index is -4.75. The van der Waals surface area contributed by atoms with E-state index in [0.29, 0.717) is 28.5 Å². The van der Waals surface area contributed by atoms with Gasteiger partial charge in [-0.2, -0.15) is 4.98 Å². The monoisotopic (exact) mass is 405 g/mol. The first-order valence-electron chi connectivity index (χ1n) is 8.63. The van der Waals surface area contributed by atoms with E-state index in [1.165, 1.54) is 18.2 Å². The molecule has 0 atom stereocenters. The zero-order valence-corrected chi connectivity index (χ0v) is 15.4. The molecule has 0 bridgehead atoms. The van der Waals surface area contributed by atoms with Gasteiger partial charge >= 0.3 is 6.36 Å². The third-order valence-corrected chi connectivity index (χ3v) is 3.74. The number of aliphatic hydroxyl groups excluding tert-OH is 1. The summed E-state index contributed by atoms with van der Waals surface area (Å²) in [4.78, 5) is 13.0. The molecule has 0 spiro atoms. The summed E-state index contributed by atoms with van der Waals surface area (Å²) in [6.45, 7) is 1.81. The summed E-state index contributed by atoms with van der Waals surface area (Å²) in [5.41, 5.74) is 2.25. The van der Waals surface area contributed by atoms with E-state index < -0.39 is 6.36 Å². The van der Waals surface area contributed by atoms with Crippen LogP contribution in [0.2, 0.25) is 0 Å². The molecule has 0 saturated heterocycles. The predicted molar refractivity (Wildman–Crippen MR) is 102 cm³/mol. The Hall–Kier alpha value is -3.40. The van der Waals surface area contributed by atoms with Gasteiger partial charge in [0.05, 0.1) is 18.0 Å². The van der Waals surface area contributed by atoms with Crippen LogP contribution in [0.25, 0.3) is 11.4 Å². The summed E-state index contributed by atoms with van der Waals surface area (Å²) in [7, 11) is 0. The number of alkyl halides is 3. The van der Waals surface area contributed by atoms with E-state index in [2.05, 4.69) is 30.3 Å². The van der Waals surface area contributed by atoms with Crippen molar-refractivity contribution in [3.05, 3.63) is 54.2 Å². The van der Waals surface area contributed by atoms with Gasteiger partial charge in [-0.05, 0) is 42.8 Å². The van der Waals surface area contributed by atoms with Gasteiger partial charge in [0, 0.05) is 24.5 Å². The highest BCUT2D eigenvalue weighted by Crippen LogP contribution is 2.29. The first-order valence-corrected chi connectivity index (χ1v) is 8.63. The molecule has 0 amide bonds. The highest BCUT2D eigenvalue weighted by atomic mass is 19.4. The molecule has 2 heterocycles. The number of benzene rings is 1. The molecule has 1 aromatic carbocycles. The lowest BCUT2D eigenvalue weighted by Gasteiger charge is -2.14. The Balaban J connectivity index is 1.89. The van der Waals surface area contributed by atoms with E-state index in [9.17, 15) is 13.2 Å². The molecular weight excluding hydrogens is 387 g/mol. The van der Waals surface area contributed by atoms with Gasteiger partial charge in [0.25, 0.3) is 0 Å². The summed E-state index contributed by atoms with van der Waals surface area (Å²) in [6, 6.07) is 11.0. The van der Waals surface area contributed by atoms with E-state index in [0.717, 1.165) is 0 Å². The Labute approximate surface area is 164 Å². The lowest BCUT2D eigenvalue weighted by atomic mass is 10.2. The largest absolute Gasteiger partial charge is 0.573 e. The van der Waals surface area contributed by atoms with Crippen LogP contribution < -0.4 is 15.4 Å². The molecular formula is C19H18F3N5O2. The fourth-order valence-electron chi connectivity index (χ4n) is 2.52. The van der Waals surface area contributed by atoms with Gasteiger partial charge in [-0.3, -0.25) is 4.98 Å². The zero-order valence-electron chi connectivity index (χ0n) is 15.4. The van der Waals surface area contributed by atoms with Crippen LogP contribution in [0.4, 0.5) is 30.6 Å². The molecule has 0 unspecified atom stereocenters. The summed E-state index contributed by atoms with van der Waals surface area (Å²) >= 11 is 0. The first-order chi connectivity index (χ1) is 13.8. The summed E-state index contributed by atoms with van der Waals surface area (Å²) < 4.78 is 41.1. The summed E-state index contributed by atoms with van der Waals surface area (Å²) in [5.74, 6) is 0.385. The van der Waals surface area contributed by atoms with Crippen LogP contribution in [-0.2, 0) is 0 Å². The Kier molecular flexibility index (Phi) is 6.13. The van der Waals surface area contributed by atoms with Crippen molar-refractivity contribution >= 4 is 17.5 Å². The Morgan fingerprint density at radius 1 is 1.07 bits per heavy atom. The minimum absolute atomic E-state index is 0.0975. The number of nitrogens with one attached hydrogen (secondary N) is 2. The summed E-state index contributed by atoms with van der Waals surface area (Å²) in [6.07, 6.45) is -3.12. The molecule has 0 fully saturated rings. The van der Waals surface area contributed by atoms with Crippen molar-refractivity contribution in [2.24, 2.45) is 0 Å². The number of hydrogen-bond acceptors (Lipinski definition) is 7. The third-order valence-electron chi connectivity index (χ3n) is 3.74. The Bertz CT molecular complexity index is 968. The topological polar surface area (TPSA) is 92.2 Å². The molecule has 3 rings (SSSR count). The minimum Gasteiger partial charge on any atom is -0.406 e. The standard InChI is InChI=1S/C19H18F3N5O2/c1-12-10-13(29-19(20,21)22)5-6-14(12)25-17-11-16(15-4-2-3-7-23-15)26-18(27-17)24-8-9-28/h2-7,10-11,28H,8-9H2,1H3,(H2,24,25,26,27). The van der Waals surface area contributed by atoms with E-state index in [4.69, 9.17) is 5.11 Å². The number of aryl methyl sites for hydroxylation is 1. The lowest BCUT2D eigenvalue weighted by molar-refractivity contribution is -0.274. The van der Waals surface area contributed by atoms with Gasteiger partial charge in [-0.1, -0.05) is 6.07 Å². The smallest absolute Gasteiger partial charge is 0.406 e. The van der Waals surface area contributed by atoms with Gasteiger partial charge < -0.3 is 20.5 Å². The Morgan fingerprint density at radius 2 is 1.90 bits per heavy atom. The van der Waals surface area contributed by atoms with E-state index in [1.54, 1.807) is 31.3 Å². The lowest BCUT2D eigenvalue weighted by Crippen LogP contribution is -2.17. The van der Waals surface area contributed by atoms with Crippen LogP contribution in [0.3, 0.4) is 0 Å². The molecule has 0 radical (unpaired) electrons. The van der Waals surface area contributed by atoms with Crippen LogP contribution in [0.5, 0.6) is 5.75 Å². The van der Waals surface area contributed by atoms with Crippen molar-refractivity contribution < 1.29 is 23.0 Å². The van der Waals surface area contributed by atoms with Crippen molar-refractivity contribution in [2.75, 3.05) is 23.8 Å². The number of pyridine rings is 1. The molecule has 29 heavy (non-hydrogen) atoms. The number of rotatable bonds is 7. The zero-order chi connectivity index (χ0) is 20.9. The van der Waals surface area contributed by atoms with Crippen LogP contribution in [-0.4, -0.2) is 39.6 Å². The second-order valence-electron chi connectivity index (χ2n) is 5.98. The molecule has 0 aliphatic heterocycles. The number of hydrogen-bond donors (Lipinski definition) is 3. The highest BCUT2D eigenvalue weighted by molar-refractivity contribution is 5.67. The molecule has 0 saturated carbocycles. The first kappa shape index (κ1) is 20.3. The predicted octanol–water partition coefficient (Wildman–Crippen LogP) is 3.89. The summed E-state index contributed by atoms with van der Waals surface area (Å²) in [5, 5.41) is 15.0. The SMILES string of the molecule is Cc1cc(OC(F)(F)F)ccc1Nc1cc(-c2ccccn2)nc(NCCO)n1. The second-order valence-corrected chi connectivity index (χ2v) is 5.98. The third kappa shape index (κ3) is 5.79. The number of ether oxygens (including phenoxy) is 1. The average Bonchev–Trinajstić information content (AvgIpc) is 2.68. The quantitative estimate of drug-likeness (QED) is 0.549. The number of anilines is 3. The molecule has 0 aliphatic rings. The maximum Gasteiger partial charge on any atom is 0.573 e. The number of halogens is 3. The normalized spacial score (nSPS) is 11.2. The van der Waals surface area contributed by atoms with E-state index >= 15 is 0 Å². The van der Waals surface area contributed by atoms with Gasteiger partial charge in [0.15, 0.2) is 0 Å². The van der Waals surface area contributed by atoms with Crippen LogP contribution >= 0.6 is 0 Å². The van der Waals surface area contributed by atoms with Crippen molar-refractivity contribution in [1.29, 1.82) is 0 Å². The second kappa shape index (κ2) is 8.74. The number of nitrogens with zero attached hydrogens (tertiary/aromatic N) is 3. The van der Waals surface area contributed by atoms with Gasteiger partial charge in [0.1, 0.15) is 11.6 Å². The average molecular weight is 405 g/mol. The van der Waals surface area contributed by atoms with Crippen molar-refractivity contribution in [2.45, 2.75) is 13.3 Å². The molecule has 2 aromatic heterocycles. The maximum atomic E-state index is 12.4. The van der Waals surface area contributed by atoms with Gasteiger partial charge in [0.2, 0.25) is 5.95 Å². The molecule has 10 heteroatoms. The van der Waals surface area contributed by atoms with Crippen LogP contribution in [0.15, 0.2) is 48.7 Å². The van der Waals surface area contributed by atoms with Crippen LogP contribution in [0.1, 0.15) is 5.56 Å². The molecule has 3 aromatic rings. The molecule has 7 nitrogen and oxygen atoms in total. The van der Waals surface area contributed by atoms with Crippen molar-refractivity contribution in [3.8, 4) is 17.1 Å². The number of aromatic nitrogens is 3. The molecule has 0 aliphatic carbocycles. The fourth-order valence-corrected chi connectivity index (χ4v) is 2.52. The maximum absolute atomic E-state index is 12.4. The number of aliphatic hydroxyl groups is 1. The van der Waals surface area contributed by atoms with Crippen LogP contribution in [0, 0.1) is 6.92 Å². The molecule has 152 valence electrons. The van der Waals surface area contributed by atoms with Crippen molar-refractivity contribution in [3.63, 3.8) is 0 Å². The fraction of sp³-hybridized carbons (Fsp3) is 0.211.